The van der Waals surface area contributed by atoms with Crippen LogP contribution in [0.15, 0.2) is 69.6 Å². The van der Waals surface area contributed by atoms with E-state index in [0.717, 1.165) is 16.8 Å². The average molecular weight is 448 g/mol. The molecule has 0 spiro atoms. The van der Waals surface area contributed by atoms with E-state index in [1.807, 2.05) is 80.5 Å². The minimum Gasteiger partial charge on any atom is -0.497 e. The van der Waals surface area contributed by atoms with Gasteiger partial charge in [-0.2, -0.15) is 0 Å². The Balaban J connectivity index is 1.89. The van der Waals surface area contributed by atoms with Crippen molar-refractivity contribution in [2.24, 2.45) is 4.99 Å². The fraction of sp³-hybridized carbons (Fsp3) is 0.240. The molecule has 0 bridgehead atoms. The first kappa shape index (κ1) is 21.8. The van der Waals surface area contributed by atoms with E-state index in [0.29, 0.717) is 26.4 Å². The maximum Gasteiger partial charge on any atom is 0.271 e. The zero-order valence-corrected chi connectivity index (χ0v) is 19.6. The van der Waals surface area contributed by atoms with Crippen molar-refractivity contribution in [2.75, 3.05) is 26.1 Å². The lowest BCUT2D eigenvalue weighted by molar-refractivity contribution is -0.114. The van der Waals surface area contributed by atoms with Gasteiger partial charge in [0.25, 0.3) is 5.56 Å². The first-order valence-electron chi connectivity index (χ1n) is 10.2. The number of rotatable bonds is 5. The predicted octanol–water partition coefficient (Wildman–Crippen LogP) is 2.90. The zero-order chi connectivity index (χ0) is 23.0. The topological polar surface area (TPSA) is 63.9 Å². The van der Waals surface area contributed by atoms with Crippen LogP contribution < -0.4 is 24.5 Å². The number of nitrogens with zero attached hydrogens (tertiary/aromatic N) is 3. The third kappa shape index (κ3) is 3.91. The summed E-state index contributed by atoms with van der Waals surface area (Å²) >= 11 is 1.34. The smallest absolute Gasteiger partial charge is 0.271 e. The molecular weight excluding hydrogens is 422 g/mol. The summed E-state index contributed by atoms with van der Waals surface area (Å²) in [5.41, 5.74) is 3.88. The molecule has 1 atom stereocenters. The Hall–Kier alpha value is -3.45. The molecule has 0 saturated carbocycles. The Labute approximate surface area is 190 Å². The van der Waals surface area contributed by atoms with Crippen LogP contribution >= 0.6 is 11.3 Å². The summed E-state index contributed by atoms with van der Waals surface area (Å²) in [6.07, 6.45) is 1.88. The number of thiazole rings is 1. The second-order valence-electron chi connectivity index (χ2n) is 7.90. The first-order valence-corrected chi connectivity index (χ1v) is 11.1. The average Bonchev–Trinajstić information content (AvgIpc) is 3.07. The highest BCUT2D eigenvalue weighted by Gasteiger charge is 2.30. The molecule has 164 valence electrons. The number of hydrogen-bond acceptors (Lipinski definition) is 6. The van der Waals surface area contributed by atoms with Crippen LogP contribution in [0, 0.1) is 0 Å². The van der Waals surface area contributed by atoms with E-state index in [1.54, 1.807) is 11.7 Å². The number of anilines is 1. The van der Waals surface area contributed by atoms with Crippen LogP contribution in [0.3, 0.4) is 0 Å². The Morgan fingerprint density at radius 3 is 2.34 bits per heavy atom. The van der Waals surface area contributed by atoms with Crippen molar-refractivity contribution >= 4 is 28.9 Å². The fourth-order valence-corrected chi connectivity index (χ4v) is 4.94. The second-order valence-corrected chi connectivity index (χ2v) is 8.91. The quantitative estimate of drug-likeness (QED) is 0.603. The van der Waals surface area contributed by atoms with Gasteiger partial charge in [-0.05, 0) is 55.3 Å². The zero-order valence-electron chi connectivity index (χ0n) is 18.7. The highest BCUT2D eigenvalue weighted by molar-refractivity contribution is 7.07. The molecule has 0 saturated heterocycles. The van der Waals surface area contributed by atoms with Crippen LogP contribution in [0.2, 0.25) is 0 Å². The largest absolute Gasteiger partial charge is 0.497 e. The molecule has 6 nitrogen and oxygen atoms in total. The van der Waals surface area contributed by atoms with E-state index in [4.69, 9.17) is 4.74 Å². The van der Waals surface area contributed by atoms with Crippen LogP contribution in [0.1, 0.15) is 31.0 Å². The van der Waals surface area contributed by atoms with E-state index < -0.39 is 6.04 Å². The third-order valence-corrected chi connectivity index (χ3v) is 6.52. The van der Waals surface area contributed by atoms with Crippen molar-refractivity contribution < 1.29 is 9.53 Å². The Bertz CT molecular complexity index is 1380. The van der Waals surface area contributed by atoms with Crippen molar-refractivity contribution in [3.05, 3.63) is 90.6 Å². The lowest BCUT2D eigenvalue weighted by Gasteiger charge is -2.24. The van der Waals surface area contributed by atoms with Gasteiger partial charge in [-0.25, -0.2) is 4.99 Å². The van der Waals surface area contributed by atoms with E-state index in [9.17, 15) is 9.59 Å². The van der Waals surface area contributed by atoms with Crippen molar-refractivity contribution in [2.45, 2.75) is 19.9 Å². The van der Waals surface area contributed by atoms with Gasteiger partial charge < -0.3 is 9.64 Å². The molecule has 7 heteroatoms. The number of ketones is 1. The number of methoxy groups -OCH3 is 1. The number of carbonyl (C=O) groups is 1. The number of ether oxygens (including phenoxy) is 1. The molecule has 1 aliphatic heterocycles. The van der Waals surface area contributed by atoms with Gasteiger partial charge in [0.1, 0.15) is 5.75 Å². The van der Waals surface area contributed by atoms with Crippen LogP contribution in [0.25, 0.3) is 6.08 Å². The van der Waals surface area contributed by atoms with Gasteiger partial charge in [-0.15, -0.1) is 0 Å². The van der Waals surface area contributed by atoms with Crippen molar-refractivity contribution in [3.63, 3.8) is 0 Å². The van der Waals surface area contributed by atoms with E-state index >= 15 is 0 Å². The molecule has 0 radical (unpaired) electrons. The standard InChI is InChI=1S/C25H25N3O3S/c1-15-22(16(2)29)23(18-8-12-20(31-5)13-9-18)28-24(30)21(32-25(28)26-15)14-17-6-10-19(11-7-17)27(3)4/h6-14,23H,1-5H3/b21-14-/t23-/m1/s1. The van der Waals surface area contributed by atoms with Gasteiger partial charge in [0.05, 0.1) is 17.7 Å². The monoisotopic (exact) mass is 447 g/mol. The summed E-state index contributed by atoms with van der Waals surface area (Å²) < 4.78 is 7.48. The van der Waals surface area contributed by atoms with Crippen molar-refractivity contribution in [3.8, 4) is 5.75 Å². The maximum absolute atomic E-state index is 13.5. The fourth-order valence-electron chi connectivity index (χ4n) is 3.89. The van der Waals surface area contributed by atoms with E-state index in [1.165, 1.54) is 18.3 Å². The molecule has 3 aromatic rings. The van der Waals surface area contributed by atoms with Gasteiger partial charge in [0.2, 0.25) is 0 Å². The lowest BCUT2D eigenvalue weighted by atomic mass is 9.93. The molecular formula is C25H25N3O3S. The maximum atomic E-state index is 13.5. The van der Waals surface area contributed by atoms with Gasteiger partial charge >= 0.3 is 0 Å². The molecule has 0 N–H and O–H groups in total. The number of benzene rings is 2. The van der Waals surface area contributed by atoms with Gasteiger partial charge in [-0.1, -0.05) is 35.6 Å². The van der Waals surface area contributed by atoms with Gasteiger partial charge in [0, 0.05) is 31.1 Å². The number of allylic oxidation sites excluding steroid dienone is 2. The Morgan fingerprint density at radius 1 is 1.12 bits per heavy atom. The molecule has 4 rings (SSSR count). The number of Topliss-reactive ketones (excluding diaryl/α,β-unsaturated/α-hetero) is 1. The molecule has 2 aromatic carbocycles. The van der Waals surface area contributed by atoms with Crippen molar-refractivity contribution in [1.29, 1.82) is 0 Å². The highest BCUT2D eigenvalue weighted by Crippen LogP contribution is 2.31. The number of carbonyl (C=O) groups excluding carboxylic acids is 1. The SMILES string of the molecule is COc1ccc([C@@H]2C(C(C)=O)=C(C)N=c3s/c(=C\c4ccc(N(C)C)cc4)c(=O)n32)cc1. The number of aromatic nitrogens is 1. The van der Waals surface area contributed by atoms with Gasteiger partial charge in [-0.3, -0.25) is 14.2 Å². The predicted molar refractivity (Wildman–Crippen MR) is 128 cm³/mol. The summed E-state index contributed by atoms with van der Waals surface area (Å²) in [5.74, 6) is 0.619. The highest BCUT2D eigenvalue weighted by atomic mass is 32.1. The lowest BCUT2D eigenvalue weighted by Crippen LogP contribution is -2.39. The molecule has 0 amide bonds. The van der Waals surface area contributed by atoms with E-state index in [2.05, 4.69) is 4.99 Å². The van der Waals surface area contributed by atoms with Crippen LogP contribution in [0.4, 0.5) is 5.69 Å². The summed E-state index contributed by atoms with van der Waals surface area (Å²) in [6.45, 7) is 3.34. The molecule has 0 unspecified atom stereocenters. The minimum absolute atomic E-state index is 0.0966. The van der Waals surface area contributed by atoms with Crippen LogP contribution in [-0.4, -0.2) is 31.6 Å². The third-order valence-electron chi connectivity index (χ3n) is 5.54. The first-order chi connectivity index (χ1) is 15.3. The summed E-state index contributed by atoms with van der Waals surface area (Å²) in [5, 5.41) is 0. The molecule has 0 fully saturated rings. The summed E-state index contributed by atoms with van der Waals surface area (Å²) in [4.78, 5) is 33.3. The van der Waals surface area contributed by atoms with E-state index in [-0.39, 0.29) is 11.3 Å². The normalized spacial score (nSPS) is 15.9. The molecule has 2 heterocycles. The molecule has 1 aromatic heterocycles. The second kappa shape index (κ2) is 8.59. The van der Waals surface area contributed by atoms with Gasteiger partial charge in [0.15, 0.2) is 10.6 Å². The molecule has 1 aliphatic rings. The summed E-state index contributed by atoms with van der Waals surface area (Å²) in [7, 11) is 5.58. The molecule has 32 heavy (non-hydrogen) atoms. The Morgan fingerprint density at radius 2 is 1.78 bits per heavy atom. The van der Waals surface area contributed by atoms with Crippen LogP contribution in [0.5, 0.6) is 5.75 Å². The van der Waals surface area contributed by atoms with Crippen LogP contribution in [-0.2, 0) is 4.79 Å². The Kier molecular flexibility index (Phi) is 5.84. The van der Waals surface area contributed by atoms with Crippen molar-refractivity contribution in [1.82, 2.24) is 4.57 Å². The number of hydrogen-bond donors (Lipinski definition) is 0. The molecule has 0 aliphatic carbocycles. The minimum atomic E-state index is -0.520. The number of fused-ring (bicyclic) bond motifs is 1. The summed E-state index contributed by atoms with van der Waals surface area (Å²) in [6, 6.07) is 14.9.